The second-order valence-electron chi connectivity index (χ2n) is 11.8. The Morgan fingerprint density at radius 1 is 0.956 bits per heavy atom. The number of amides is 4. The number of halogens is 2. The third-order valence-electron chi connectivity index (χ3n) is 9.78. The summed E-state index contributed by atoms with van der Waals surface area (Å²) in [6.07, 6.45) is 1.92. The first-order valence-electron chi connectivity index (χ1n) is 14.4. The minimum atomic E-state index is -1.64. The summed E-state index contributed by atoms with van der Waals surface area (Å²) in [6, 6.07) is 16.4. The Kier molecular flexibility index (Phi) is 6.72. The summed E-state index contributed by atoms with van der Waals surface area (Å²) < 4.78 is 19.0. The zero-order valence-corrected chi connectivity index (χ0v) is 24.6. The SMILES string of the molecule is COc1ccc(C2C3=CCC4C(=O)N(O)C(=O)C4C3CC3C(=O)N(Nc4ccc(F)cc4)C(=O)C32c2ccc(Cl)cc2)c(O)c1. The van der Waals surface area contributed by atoms with Gasteiger partial charge < -0.3 is 9.84 Å². The van der Waals surface area contributed by atoms with Crippen LogP contribution in [0.2, 0.25) is 5.02 Å². The number of carbonyl (C=O) groups is 4. The van der Waals surface area contributed by atoms with Gasteiger partial charge in [0.05, 0.1) is 36.0 Å². The minimum absolute atomic E-state index is 0.00206. The third-order valence-corrected chi connectivity index (χ3v) is 10.0. The molecule has 0 bridgehead atoms. The second-order valence-corrected chi connectivity index (χ2v) is 12.2. The van der Waals surface area contributed by atoms with E-state index in [0.717, 1.165) is 5.01 Å². The van der Waals surface area contributed by atoms with Crippen LogP contribution in [0.15, 0.2) is 78.4 Å². The number of hydrazine groups is 1. The molecule has 1 saturated carbocycles. The predicted molar refractivity (Wildman–Crippen MR) is 157 cm³/mol. The molecule has 2 heterocycles. The van der Waals surface area contributed by atoms with Crippen LogP contribution in [0.3, 0.4) is 0 Å². The number of hydroxylamine groups is 2. The highest BCUT2D eigenvalue weighted by Crippen LogP contribution is 2.65. The monoisotopic (exact) mass is 631 g/mol. The van der Waals surface area contributed by atoms with Gasteiger partial charge in [-0.1, -0.05) is 41.4 Å². The van der Waals surface area contributed by atoms with E-state index in [-0.39, 0.29) is 29.3 Å². The van der Waals surface area contributed by atoms with Crippen LogP contribution in [-0.2, 0) is 24.6 Å². The first-order valence-corrected chi connectivity index (χ1v) is 14.8. The summed E-state index contributed by atoms with van der Waals surface area (Å²) in [5.74, 6) is -7.61. The molecule has 2 aliphatic heterocycles. The molecule has 0 spiro atoms. The van der Waals surface area contributed by atoms with Crippen LogP contribution in [0.4, 0.5) is 10.1 Å². The number of aromatic hydroxyl groups is 1. The maximum atomic E-state index is 15.0. The van der Waals surface area contributed by atoms with Gasteiger partial charge in [-0.3, -0.25) is 29.8 Å². The van der Waals surface area contributed by atoms with Crippen LogP contribution in [0.5, 0.6) is 11.5 Å². The van der Waals surface area contributed by atoms with Crippen LogP contribution >= 0.6 is 11.6 Å². The van der Waals surface area contributed by atoms with E-state index in [1.807, 2.05) is 0 Å². The Morgan fingerprint density at radius 3 is 2.33 bits per heavy atom. The average Bonchev–Trinajstić information content (AvgIpc) is 3.39. The number of ether oxygens (including phenoxy) is 1. The third kappa shape index (κ3) is 4.10. The number of nitrogens with zero attached hydrogens (tertiary/aromatic N) is 2. The second kappa shape index (κ2) is 10.4. The number of rotatable bonds is 5. The summed E-state index contributed by atoms with van der Waals surface area (Å²) in [7, 11) is 1.45. The van der Waals surface area contributed by atoms with Crippen molar-refractivity contribution in [3.05, 3.63) is 100 Å². The van der Waals surface area contributed by atoms with Crippen LogP contribution < -0.4 is 10.2 Å². The largest absolute Gasteiger partial charge is 0.508 e. The fourth-order valence-corrected chi connectivity index (χ4v) is 8.00. The van der Waals surface area contributed by atoms with Gasteiger partial charge in [-0.05, 0) is 66.8 Å². The fourth-order valence-electron chi connectivity index (χ4n) is 7.88. The highest BCUT2D eigenvalue weighted by atomic mass is 35.5. The molecule has 3 aromatic carbocycles. The van der Waals surface area contributed by atoms with Crippen molar-refractivity contribution in [2.75, 3.05) is 12.5 Å². The number of methoxy groups -OCH3 is 1. The lowest BCUT2D eigenvalue weighted by atomic mass is 9.49. The van der Waals surface area contributed by atoms with Crippen LogP contribution in [0.25, 0.3) is 0 Å². The molecule has 45 heavy (non-hydrogen) atoms. The fraction of sp³-hybridized carbons (Fsp3) is 0.273. The molecule has 2 saturated heterocycles. The van der Waals surface area contributed by atoms with Crippen molar-refractivity contribution in [1.29, 1.82) is 0 Å². The van der Waals surface area contributed by atoms with Gasteiger partial charge in [-0.25, -0.2) is 4.39 Å². The maximum Gasteiger partial charge on any atom is 0.260 e. The van der Waals surface area contributed by atoms with E-state index in [4.69, 9.17) is 16.3 Å². The molecule has 7 rings (SSSR count). The Morgan fingerprint density at radius 2 is 1.67 bits per heavy atom. The van der Waals surface area contributed by atoms with E-state index in [9.17, 15) is 33.9 Å². The number of hydrogen-bond acceptors (Lipinski definition) is 8. The van der Waals surface area contributed by atoms with Gasteiger partial charge in [0.1, 0.15) is 17.3 Å². The summed E-state index contributed by atoms with van der Waals surface area (Å²) in [5, 5.41) is 23.2. The lowest BCUT2D eigenvalue weighted by Gasteiger charge is -2.50. The molecule has 4 aliphatic rings. The molecule has 2 aliphatic carbocycles. The zero-order chi connectivity index (χ0) is 31.8. The number of allylic oxidation sites excluding steroid dienone is 2. The van der Waals surface area contributed by atoms with Crippen LogP contribution in [0, 0.1) is 29.5 Å². The lowest BCUT2D eigenvalue weighted by molar-refractivity contribution is -0.173. The Bertz CT molecular complexity index is 1800. The Hall–Kier alpha value is -4.74. The van der Waals surface area contributed by atoms with Gasteiger partial charge in [0.25, 0.3) is 23.6 Å². The zero-order valence-electron chi connectivity index (χ0n) is 23.8. The molecule has 230 valence electrons. The normalized spacial score (nSPS) is 28.9. The van der Waals surface area contributed by atoms with E-state index < -0.39 is 64.5 Å². The summed E-state index contributed by atoms with van der Waals surface area (Å²) in [4.78, 5) is 55.5. The molecule has 6 atom stereocenters. The number of phenolic OH excluding ortho intramolecular Hbond substituents is 1. The summed E-state index contributed by atoms with van der Waals surface area (Å²) in [5.41, 5.74) is 2.88. The summed E-state index contributed by atoms with van der Waals surface area (Å²) >= 11 is 6.26. The molecule has 0 radical (unpaired) electrons. The van der Waals surface area contributed by atoms with Crippen molar-refractivity contribution in [1.82, 2.24) is 10.1 Å². The van der Waals surface area contributed by atoms with Gasteiger partial charge >= 0.3 is 0 Å². The van der Waals surface area contributed by atoms with Crippen LogP contribution in [0.1, 0.15) is 29.9 Å². The van der Waals surface area contributed by atoms with E-state index in [0.29, 0.717) is 27.5 Å². The number of carbonyl (C=O) groups excluding carboxylic acids is 4. The molecular formula is C33H27ClFN3O7. The average molecular weight is 632 g/mol. The number of anilines is 1. The summed E-state index contributed by atoms with van der Waals surface area (Å²) in [6.45, 7) is 0. The van der Waals surface area contributed by atoms with Gasteiger partial charge in [-0.2, -0.15) is 10.1 Å². The van der Waals surface area contributed by atoms with Crippen molar-refractivity contribution in [3.63, 3.8) is 0 Å². The van der Waals surface area contributed by atoms with Crippen molar-refractivity contribution < 1.29 is 38.6 Å². The molecule has 4 amide bonds. The van der Waals surface area contributed by atoms with Crippen molar-refractivity contribution in [3.8, 4) is 11.5 Å². The molecule has 12 heteroatoms. The number of hydrogen-bond donors (Lipinski definition) is 3. The molecule has 3 N–H and O–H groups in total. The van der Waals surface area contributed by atoms with Gasteiger partial charge in [0, 0.05) is 22.6 Å². The van der Waals surface area contributed by atoms with Crippen molar-refractivity contribution in [2.45, 2.75) is 24.2 Å². The smallest absolute Gasteiger partial charge is 0.260 e. The van der Waals surface area contributed by atoms with Crippen molar-refractivity contribution in [2.24, 2.45) is 23.7 Å². The topological polar surface area (TPSA) is 136 Å². The van der Waals surface area contributed by atoms with E-state index >= 15 is 0 Å². The molecule has 6 unspecified atom stereocenters. The molecule has 0 aromatic heterocycles. The highest BCUT2D eigenvalue weighted by molar-refractivity contribution is 6.30. The number of benzene rings is 3. The molecular weight excluding hydrogens is 605 g/mol. The number of nitrogens with one attached hydrogen (secondary N) is 1. The molecule has 10 nitrogen and oxygen atoms in total. The number of imide groups is 2. The van der Waals surface area contributed by atoms with E-state index in [1.165, 1.54) is 37.4 Å². The number of phenols is 1. The van der Waals surface area contributed by atoms with Crippen molar-refractivity contribution >= 4 is 40.9 Å². The highest BCUT2D eigenvalue weighted by Gasteiger charge is 2.70. The standard InChI is InChI=1S/C33H27ClFN3O7/c1-45-20-10-11-22(26(39)14-20)28-21-12-13-23-27(31(42)38(44)29(23)40)24(21)15-25-30(41)37(36-19-8-6-18(35)7-9-19)32(43)33(25,28)16-2-4-17(34)5-3-16/h2-12,14,23-25,27-28,36,39,44H,13,15H2,1H3. The molecule has 3 aromatic rings. The predicted octanol–water partition coefficient (Wildman–Crippen LogP) is 4.57. The Balaban J connectivity index is 1.48. The first kappa shape index (κ1) is 29.0. The van der Waals surface area contributed by atoms with E-state index in [2.05, 4.69) is 5.43 Å². The number of fused-ring (bicyclic) bond motifs is 4. The Labute approximate surface area is 261 Å². The maximum absolute atomic E-state index is 15.0. The lowest BCUT2D eigenvalue weighted by Crippen LogP contribution is -2.53. The first-order chi connectivity index (χ1) is 21.6. The minimum Gasteiger partial charge on any atom is -0.508 e. The molecule has 3 fully saturated rings. The van der Waals surface area contributed by atoms with Crippen LogP contribution in [-0.4, -0.2) is 51.1 Å². The van der Waals surface area contributed by atoms with Gasteiger partial charge in [0.15, 0.2) is 0 Å². The van der Waals surface area contributed by atoms with Gasteiger partial charge in [0.2, 0.25) is 0 Å². The van der Waals surface area contributed by atoms with Gasteiger partial charge in [-0.15, -0.1) is 0 Å². The van der Waals surface area contributed by atoms with E-state index in [1.54, 1.807) is 42.5 Å². The quantitative estimate of drug-likeness (QED) is 0.212.